The van der Waals surface area contributed by atoms with E-state index < -0.39 is 17.8 Å². The average molecular weight is 475 g/mol. The van der Waals surface area contributed by atoms with Gasteiger partial charge in [0, 0.05) is 0 Å². The summed E-state index contributed by atoms with van der Waals surface area (Å²) in [4.78, 5) is 38.9. The minimum atomic E-state index is -0.783. The number of carbonyl (C=O) groups excluding carboxylic acids is 3. The highest BCUT2D eigenvalue weighted by Gasteiger charge is 2.37. The predicted molar refractivity (Wildman–Crippen MR) is 132 cm³/mol. The summed E-state index contributed by atoms with van der Waals surface area (Å²) in [6.07, 6.45) is 1.41. The Morgan fingerprint density at radius 3 is 2.38 bits per heavy atom. The SMILES string of the molecule is Cc1ccc(COc2ccc(/C=C3\C(=O)NC(=O)N(c4ccccc4C)C3=O)cc2Cl)cc1C. The number of halogens is 1. The van der Waals surface area contributed by atoms with Crippen molar-refractivity contribution in [1.29, 1.82) is 0 Å². The fourth-order valence-corrected chi connectivity index (χ4v) is 3.88. The first-order valence-corrected chi connectivity index (χ1v) is 11.1. The smallest absolute Gasteiger partial charge is 0.335 e. The lowest BCUT2D eigenvalue weighted by Gasteiger charge is -2.27. The van der Waals surface area contributed by atoms with Crippen molar-refractivity contribution in [3.05, 3.63) is 99.1 Å². The number of benzene rings is 3. The lowest BCUT2D eigenvalue weighted by molar-refractivity contribution is -0.122. The largest absolute Gasteiger partial charge is 0.487 e. The summed E-state index contributed by atoms with van der Waals surface area (Å²) in [6.45, 7) is 6.24. The summed E-state index contributed by atoms with van der Waals surface area (Å²) in [5.74, 6) is -0.974. The Kier molecular flexibility index (Phi) is 6.52. The van der Waals surface area contributed by atoms with Crippen molar-refractivity contribution in [3.8, 4) is 5.75 Å². The molecule has 1 fully saturated rings. The van der Waals surface area contributed by atoms with E-state index in [1.54, 1.807) is 49.4 Å². The molecular formula is C27H23ClN2O4. The second-order valence-corrected chi connectivity index (χ2v) is 8.55. The number of rotatable bonds is 5. The summed E-state index contributed by atoms with van der Waals surface area (Å²) < 4.78 is 5.86. The molecule has 0 aliphatic carbocycles. The van der Waals surface area contributed by atoms with Crippen molar-refractivity contribution in [3.63, 3.8) is 0 Å². The summed E-state index contributed by atoms with van der Waals surface area (Å²) in [5.41, 5.74) is 4.93. The van der Waals surface area contributed by atoms with E-state index in [0.717, 1.165) is 16.0 Å². The van der Waals surface area contributed by atoms with E-state index >= 15 is 0 Å². The van der Waals surface area contributed by atoms with Gasteiger partial charge in [0.15, 0.2) is 0 Å². The van der Waals surface area contributed by atoms with Gasteiger partial charge in [0.1, 0.15) is 17.9 Å². The zero-order chi connectivity index (χ0) is 24.4. The van der Waals surface area contributed by atoms with Gasteiger partial charge in [-0.3, -0.25) is 14.9 Å². The lowest BCUT2D eigenvalue weighted by Crippen LogP contribution is -2.54. The molecule has 1 aliphatic rings. The Morgan fingerprint density at radius 1 is 0.912 bits per heavy atom. The number of anilines is 1. The van der Waals surface area contributed by atoms with Crippen LogP contribution in [0.15, 0.2) is 66.2 Å². The Hall–Kier alpha value is -3.90. The highest BCUT2D eigenvalue weighted by molar-refractivity contribution is 6.39. The average Bonchev–Trinajstić information content (AvgIpc) is 2.79. The van der Waals surface area contributed by atoms with Gasteiger partial charge in [0.25, 0.3) is 11.8 Å². The standard InChI is InChI=1S/C27H23ClN2O4/c1-16-8-9-20(12-18(16)3)15-34-24-11-10-19(14-22(24)28)13-21-25(31)29-27(33)30(26(21)32)23-7-5-4-6-17(23)2/h4-14H,15H2,1-3H3,(H,29,31,33)/b21-13+. The molecule has 0 spiro atoms. The third kappa shape index (κ3) is 4.72. The number of amides is 4. The van der Waals surface area contributed by atoms with Crippen LogP contribution in [0.2, 0.25) is 5.02 Å². The minimum Gasteiger partial charge on any atom is -0.487 e. The van der Waals surface area contributed by atoms with Crippen LogP contribution in [-0.4, -0.2) is 17.8 Å². The van der Waals surface area contributed by atoms with E-state index in [1.807, 2.05) is 19.1 Å². The molecular weight excluding hydrogens is 452 g/mol. The molecule has 0 bridgehead atoms. The third-order valence-corrected chi connectivity index (χ3v) is 5.99. The first-order valence-electron chi connectivity index (χ1n) is 10.7. The van der Waals surface area contributed by atoms with E-state index in [0.29, 0.717) is 28.6 Å². The first-order chi connectivity index (χ1) is 16.2. The molecule has 0 saturated carbocycles. The molecule has 4 amide bonds. The van der Waals surface area contributed by atoms with Crippen LogP contribution in [-0.2, 0) is 16.2 Å². The maximum absolute atomic E-state index is 13.1. The van der Waals surface area contributed by atoms with Crippen molar-refractivity contribution < 1.29 is 19.1 Å². The van der Waals surface area contributed by atoms with E-state index in [4.69, 9.17) is 16.3 Å². The van der Waals surface area contributed by atoms with Crippen molar-refractivity contribution in [1.82, 2.24) is 5.32 Å². The van der Waals surface area contributed by atoms with Gasteiger partial charge >= 0.3 is 6.03 Å². The van der Waals surface area contributed by atoms with Gasteiger partial charge in [-0.05, 0) is 72.9 Å². The molecule has 0 unspecified atom stereocenters. The molecule has 1 saturated heterocycles. The highest BCUT2D eigenvalue weighted by Crippen LogP contribution is 2.29. The molecule has 4 rings (SSSR count). The molecule has 7 heteroatoms. The van der Waals surface area contributed by atoms with Crippen LogP contribution >= 0.6 is 11.6 Å². The van der Waals surface area contributed by atoms with Crippen LogP contribution in [0.1, 0.15) is 27.8 Å². The zero-order valence-corrected chi connectivity index (χ0v) is 19.8. The fraction of sp³-hybridized carbons (Fsp3) is 0.148. The third-order valence-electron chi connectivity index (χ3n) is 5.69. The number of carbonyl (C=O) groups is 3. The number of barbiturate groups is 1. The van der Waals surface area contributed by atoms with Crippen LogP contribution in [0.5, 0.6) is 5.75 Å². The number of urea groups is 1. The number of imide groups is 2. The number of aryl methyl sites for hydroxylation is 3. The van der Waals surface area contributed by atoms with Crippen LogP contribution in [0.4, 0.5) is 10.5 Å². The maximum Gasteiger partial charge on any atom is 0.335 e. The molecule has 3 aromatic rings. The summed E-state index contributed by atoms with van der Waals surface area (Å²) >= 11 is 6.41. The Labute approximate surface area is 202 Å². The van der Waals surface area contributed by atoms with Gasteiger partial charge in [-0.2, -0.15) is 0 Å². The molecule has 1 N–H and O–H groups in total. The predicted octanol–water partition coefficient (Wildman–Crippen LogP) is 5.51. The monoisotopic (exact) mass is 474 g/mol. The van der Waals surface area contributed by atoms with E-state index in [1.165, 1.54) is 17.2 Å². The molecule has 0 aromatic heterocycles. The molecule has 1 aliphatic heterocycles. The van der Waals surface area contributed by atoms with E-state index in [9.17, 15) is 14.4 Å². The second kappa shape index (κ2) is 9.53. The number of ether oxygens (including phenoxy) is 1. The lowest BCUT2D eigenvalue weighted by atomic mass is 10.1. The van der Waals surface area contributed by atoms with E-state index in [-0.39, 0.29) is 5.57 Å². The zero-order valence-electron chi connectivity index (χ0n) is 19.0. The minimum absolute atomic E-state index is 0.164. The van der Waals surface area contributed by atoms with Crippen LogP contribution in [0.3, 0.4) is 0 Å². The first kappa shape index (κ1) is 23.3. The topological polar surface area (TPSA) is 75.7 Å². The van der Waals surface area contributed by atoms with Crippen molar-refractivity contribution in [2.75, 3.05) is 4.90 Å². The molecule has 34 heavy (non-hydrogen) atoms. The Balaban J connectivity index is 1.56. The Bertz CT molecular complexity index is 1350. The van der Waals surface area contributed by atoms with Gasteiger partial charge in [-0.15, -0.1) is 0 Å². The number of hydrogen-bond acceptors (Lipinski definition) is 4. The van der Waals surface area contributed by atoms with Crippen molar-refractivity contribution in [2.45, 2.75) is 27.4 Å². The molecule has 172 valence electrons. The number of nitrogens with zero attached hydrogens (tertiary/aromatic N) is 1. The summed E-state index contributed by atoms with van der Waals surface area (Å²) in [6, 6.07) is 17.3. The van der Waals surface area contributed by atoms with Crippen LogP contribution in [0, 0.1) is 20.8 Å². The van der Waals surface area contributed by atoms with Gasteiger partial charge in [0.2, 0.25) is 0 Å². The number of nitrogens with one attached hydrogen (secondary N) is 1. The highest BCUT2D eigenvalue weighted by atomic mass is 35.5. The molecule has 1 heterocycles. The fourth-order valence-electron chi connectivity index (χ4n) is 3.64. The molecule has 0 atom stereocenters. The van der Waals surface area contributed by atoms with Gasteiger partial charge in [-0.1, -0.05) is 54.1 Å². The maximum atomic E-state index is 13.1. The second-order valence-electron chi connectivity index (χ2n) is 8.14. The summed E-state index contributed by atoms with van der Waals surface area (Å²) in [7, 11) is 0. The summed E-state index contributed by atoms with van der Waals surface area (Å²) in [5, 5.41) is 2.57. The molecule has 0 radical (unpaired) electrons. The quantitative estimate of drug-likeness (QED) is 0.390. The Morgan fingerprint density at radius 2 is 1.68 bits per heavy atom. The van der Waals surface area contributed by atoms with Crippen LogP contribution in [0.25, 0.3) is 6.08 Å². The van der Waals surface area contributed by atoms with Crippen molar-refractivity contribution in [2.24, 2.45) is 0 Å². The van der Waals surface area contributed by atoms with Gasteiger partial charge in [-0.25, -0.2) is 9.69 Å². The molecule has 6 nitrogen and oxygen atoms in total. The van der Waals surface area contributed by atoms with Gasteiger partial charge in [0.05, 0.1) is 10.7 Å². The van der Waals surface area contributed by atoms with Crippen molar-refractivity contribution >= 4 is 41.2 Å². The number of para-hydroxylation sites is 1. The normalized spacial score (nSPS) is 15.0. The van der Waals surface area contributed by atoms with Crippen LogP contribution < -0.4 is 15.0 Å². The number of hydrogen-bond donors (Lipinski definition) is 1. The molecule has 3 aromatic carbocycles. The van der Waals surface area contributed by atoms with E-state index in [2.05, 4.69) is 18.3 Å². The van der Waals surface area contributed by atoms with Gasteiger partial charge < -0.3 is 4.74 Å².